The average Bonchev–Trinajstić information content (AvgIpc) is 2.25. The smallest absolute Gasteiger partial charge is 0.159 e. The first-order valence-electron chi connectivity index (χ1n) is 5.20. The third-order valence-corrected chi connectivity index (χ3v) is 2.37. The highest BCUT2D eigenvalue weighted by Crippen LogP contribution is 2.21. The molecule has 0 bridgehead atoms. The Bertz CT molecular complexity index is 388. The second kappa shape index (κ2) is 5.42. The topological polar surface area (TPSA) is 84.8 Å². The van der Waals surface area contributed by atoms with E-state index >= 15 is 0 Å². The Morgan fingerprint density at radius 1 is 1.50 bits per heavy atom. The molecule has 2 N–H and O–H groups in total. The summed E-state index contributed by atoms with van der Waals surface area (Å²) >= 11 is 0. The van der Waals surface area contributed by atoms with E-state index < -0.39 is 0 Å². The van der Waals surface area contributed by atoms with Gasteiger partial charge in [0.25, 0.3) is 0 Å². The van der Waals surface area contributed by atoms with E-state index in [4.69, 9.17) is 15.7 Å². The van der Waals surface area contributed by atoms with Crippen molar-refractivity contribution in [3.63, 3.8) is 0 Å². The van der Waals surface area contributed by atoms with Gasteiger partial charge in [-0.1, -0.05) is 13.3 Å². The van der Waals surface area contributed by atoms with Crippen LogP contribution in [-0.4, -0.2) is 17.1 Å². The van der Waals surface area contributed by atoms with E-state index in [1.807, 2.05) is 6.07 Å². The molecule has 86 valence electrons. The van der Waals surface area contributed by atoms with Crippen molar-refractivity contribution in [3.05, 3.63) is 17.1 Å². The van der Waals surface area contributed by atoms with Crippen molar-refractivity contribution in [2.75, 3.05) is 12.8 Å². The van der Waals surface area contributed by atoms with Crippen molar-refractivity contribution >= 4 is 5.82 Å². The Kier molecular flexibility index (Phi) is 4.20. The molecule has 0 aromatic carbocycles. The van der Waals surface area contributed by atoms with Crippen LogP contribution in [0.5, 0.6) is 0 Å². The van der Waals surface area contributed by atoms with E-state index in [1.165, 1.54) is 0 Å². The van der Waals surface area contributed by atoms with E-state index in [0.29, 0.717) is 17.1 Å². The first-order chi connectivity index (χ1) is 7.63. The minimum absolute atomic E-state index is 0.154. The van der Waals surface area contributed by atoms with Crippen LogP contribution in [0.4, 0.5) is 5.82 Å². The molecule has 0 aliphatic rings. The van der Waals surface area contributed by atoms with Gasteiger partial charge in [0, 0.05) is 7.11 Å². The second-order valence-electron chi connectivity index (χ2n) is 3.55. The van der Waals surface area contributed by atoms with Crippen molar-refractivity contribution < 1.29 is 4.74 Å². The van der Waals surface area contributed by atoms with E-state index in [0.717, 1.165) is 12.8 Å². The summed E-state index contributed by atoms with van der Waals surface area (Å²) in [6, 6.07) is 1.99. The summed E-state index contributed by atoms with van der Waals surface area (Å²) in [5.74, 6) is 0.779. The van der Waals surface area contributed by atoms with Crippen molar-refractivity contribution in [1.29, 1.82) is 5.26 Å². The predicted octanol–water partition coefficient (Wildman–Crippen LogP) is 1.73. The van der Waals surface area contributed by atoms with Gasteiger partial charge in [-0.3, -0.25) is 0 Å². The lowest BCUT2D eigenvalue weighted by atomic mass is 10.1. The van der Waals surface area contributed by atoms with Gasteiger partial charge in [0.1, 0.15) is 23.6 Å². The fraction of sp³-hybridized carbons (Fsp3) is 0.545. The molecule has 1 aromatic heterocycles. The predicted molar refractivity (Wildman–Crippen MR) is 60.6 cm³/mol. The Labute approximate surface area is 95.3 Å². The van der Waals surface area contributed by atoms with Crippen LogP contribution >= 0.6 is 0 Å². The lowest BCUT2D eigenvalue weighted by Gasteiger charge is -2.14. The van der Waals surface area contributed by atoms with Crippen LogP contribution in [-0.2, 0) is 4.74 Å². The molecule has 0 saturated carbocycles. The molecule has 0 aliphatic carbocycles. The fourth-order valence-corrected chi connectivity index (χ4v) is 1.51. The van der Waals surface area contributed by atoms with Gasteiger partial charge >= 0.3 is 0 Å². The molecule has 16 heavy (non-hydrogen) atoms. The average molecular weight is 220 g/mol. The van der Waals surface area contributed by atoms with E-state index in [2.05, 4.69) is 16.9 Å². The van der Waals surface area contributed by atoms with Gasteiger partial charge in [0.05, 0.1) is 5.69 Å². The molecule has 0 amide bonds. The number of anilines is 1. The molecule has 0 aliphatic heterocycles. The molecule has 1 heterocycles. The number of nitrogen functional groups attached to an aromatic ring is 1. The highest BCUT2D eigenvalue weighted by Gasteiger charge is 2.16. The van der Waals surface area contributed by atoms with Crippen LogP contribution in [0.3, 0.4) is 0 Å². The number of ether oxygens (including phenoxy) is 1. The monoisotopic (exact) mass is 220 g/mol. The van der Waals surface area contributed by atoms with Crippen LogP contribution in [0.25, 0.3) is 0 Å². The maximum absolute atomic E-state index is 8.85. The number of aromatic nitrogens is 2. The molecule has 1 atom stereocenters. The number of rotatable bonds is 4. The summed E-state index contributed by atoms with van der Waals surface area (Å²) < 4.78 is 5.30. The van der Waals surface area contributed by atoms with Gasteiger partial charge in [-0.15, -0.1) is 0 Å². The molecule has 5 nitrogen and oxygen atoms in total. The number of nitriles is 1. The number of aryl methyl sites for hydroxylation is 1. The minimum atomic E-state index is -0.154. The Morgan fingerprint density at radius 2 is 2.19 bits per heavy atom. The van der Waals surface area contributed by atoms with Gasteiger partial charge in [-0.25, -0.2) is 9.97 Å². The van der Waals surface area contributed by atoms with E-state index in [9.17, 15) is 0 Å². The van der Waals surface area contributed by atoms with Gasteiger partial charge in [-0.2, -0.15) is 5.26 Å². The highest BCUT2D eigenvalue weighted by atomic mass is 16.5. The van der Waals surface area contributed by atoms with Crippen molar-refractivity contribution in [2.24, 2.45) is 0 Å². The molecule has 0 radical (unpaired) electrons. The lowest BCUT2D eigenvalue weighted by molar-refractivity contribution is 0.0876. The van der Waals surface area contributed by atoms with Gasteiger partial charge in [0.2, 0.25) is 0 Å². The van der Waals surface area contributed by atoms with Crippen molar-refractivity contribution in [1.82, 2.24) is 9.97 Å². The molecule has 1 unspecified atom stereocenters. The third-order valence-electron chi connectivity index (χ3n) is 2.37. The maximum Gasteiger partial charge on any atom is 0.159 e. The number of hydrogen-bond donors (Lipinski definition) is 1. The summed E-state index contributed by atoms with van der Waals surface area (Å²) in [5.41, 5.74) is 6.64. The van der Waals surface area contributed by atoms with E-state index in [1.54, 1.807) is 14.0 Å². The summed E-state index contributed by atoms with van der Waals surface area (Å²) in [5, 5.41) is 8.85. The SMILES string of the molecule is CCCC(OC)c1nc(C)c(C#N)c(N)n1. The highest BCUT2D eigenvalue weighted by molar-refractivity contribution is 5.50. The molecule has 0 saturated heterocycles. The summed E-state index contributed by atoms with van der Waals surface area (Å²) in [4.78, 5) is 8.37. The number of hydrogen-bond acceptors (Lipinski definition) is 5. The van der Waals surface area contributed by atoms with Gasteiger partial charge in [-0.05, 0) is 13.3 Å². The van der Waals surface area contributed by atoms with Crippen LogP contribution in [0.1, 0.15) is 43.0 Å². The van der Waals surface area contributed by atoms with Gasteiger partial charge in [0.15, 0.2) is 5.82 Å². The Morgan fingerprint density at radius 3 is 2.62 bits per heavy atom. The number of nitrogens with two attached hydrogens (primary N) is 1. The summed E-state index contributed by atoms with van der Waals surface area (Å²) in [6.45, 7) is 3.81. The Hall–Kier alpha value is -1.67. The standard InChI is InChI=1S/C11H16N4O/c1-4-5-9(16-3)11-14-7(2)8(6-12)10(13)15-11/h9H,4-5H2,1-3H3,(H2,13,14,15). The zero-order valence-electron chi connectivity index (χ0n) is 9.82. The lowest BCUT2D eigenvalue weighted by Crippen LogP contribution is -2.11. The van der Waals surface area contributed by atoms with Crippen molar-refractivity contribution in [2.45, 2.75) is 32.8 Å². The van der Waals surface area contributed by atoms with Crippen molar-refractivity contribution in [3.8, 4) is 6.07 Å². The zero-order chi connectivity index (χ0) is 12.1. The molecular formula is C11H16N4O. The maximum atomic E-state index is 8.85. The molecule has 5 heteroatoms. The van der Waals surface area contributed by atoms with Gasteiger partial charge < -0.3 is 10.5 Å². The molecule has 0 spiro atoms. The minimum Gasteiger partial charge on any atom is -0.382 e. The molecule has 1 aromatic rings. The quantitative estimate of drug-likeness (QED) is 0.835. The first kappa shape index (κ1) is 12.4. The summed E-state index contributed by atoms with van der Waals surface area (Å²) in [7, 11) is 1.62. The number of nitrogens with zero attached hydrogens (tertiary/aromatic N) is 3. The molecule has 0 fully saturated rings. The summed E-state index contributed by atoms with van der Waals surface area (Å²) in [6.07, 6.45) is 1.65. The zero-order valence-corrected chi connectivity index (χ0v) is 9.82. The molecule has 1 rings (SSSR count). The van der Waals surface area contributed by atoms with Crippen LogP contribution in [0.15, 0.2) is 0 Å². The molecular weight excluding hydrogens is 204 g/mol. The van der Waals surface area contributed by atoms with Crippen LogP contribution in [0, 0.1) is 18.3 Å². The van der Waals surface area contributed by atoms with E-state index in [-0.39, 0.29) is 11.9 Å². The third kappa shape index (κ3) is 2.47. The largest absolute Gasteiger partial charge is 0.382 e. The van der Waals surface area contributed by atoms with Crippen LogP contribution in [0.2, 0.25) is 0 Å². The number of methoxy groups -OCH3 is 1. The Balaban J connectivity index is 3.12. The fourth-order valence-electron chi connectivity index (χ4n) is 1.51. The second-order valence-corrected chi connectivity index (χ2v) is 3.55. The first-order valence-corrected chi connectivity index (χ1v) is 5.20. The van der Waals surface area contributed by atoms with Crippen LogP contribution < -0.4 is 5.73 Å². The normalized spacial score (nSPS) is 12.1.